The minimum absolute atomic E-state index is 0.157. The molecule has 1 unspecified atom stereocenters. The second-order valence-corrected chi connectivity index (χ2v) is 6.01. The molecule has 122 valence electrons. The number of hydrogen-bond acceptors (Lipinski definition) is 4. The van der Waals surface area contributed by atoms with Crippen LogP contribution in [0.15, 0.2) is 0 Å². The van der Waals surface area contributed by atoms with Gasteiger partial charge in [-0.1, -0.05) is 13.3 Å². The molecule has 0 aliphatic carbocycles. The van der Waals surface area contributed by atoms with Crippen LogP contribution in [0.4, 0.5) is 4.79 Å². The van der Waals surface area contributed by atoms with E-state index in [1.54, 1.807) is 7.05 Å². The van der Waals surface area contributed by atoms with E-state index in [1.165, 1.54) is 11.8 Å². The van der Waals surface area contributed by atoms with E-state index in [0.717, 1.165) is 0 Å². The summed E-state index contributed by atoms with van der Waals surface area (Å²) in [5, 5.41) is 22.2. The number of carbonyl (C=O) groups excluding carboxylic acids is 1. The quantitative estimate of drug-likeness (QED) is 0.674. The molecule has 1 aliphatic heterocycles. The molecule has 0 aromatic heterocycles. The average Bonchev–Trinajstić information content (AvgIpc) is 2.38. The first-order chi connectivity index (χ1) is 9.72. The Kier molecular flexibility index (Phi) is 5.98. The number of hydrogen-bond donors (Lipinski definition) is 3. The monoisotopic (exact) mass is 302 g/mol. The van der Waals surface area contributed by atoms with Crippen LogP contribution in [0.5, 0.6) is 0 Å². The molecule has 0 aromatic carbocycles. The summed E-state index contributed by atoms with van der Waals surface area (Å²) in [6.07, 6.45) is 1.93. The lowest BCUT2D eigenvalue weighted by Crippen LogP contribution is -2.57. The Labute approximate surface area is 125 Å². The number of ether oxygens (including phenoxy) is 1. The molecular formula is C14H26N2O5. The number of nitrogens with zero attached hydrogens (tertiary/aromatic N) is 1. The van der Waals surface area contributed by atoms with Crippen molar-refractivity contribution in [2.24, 2.45) is 0 Å². The molecule has 0 bridgehead atoms. The van der Waals surface area contributed by atoms with E-state index in [2.05, 4.69) is 5.32 Å². The molecule has 0 saturated carbocycles. The highest BCUT2D eigenvalue weighted by Crippen LogP contribution is 2.21. The topological polar surface area (TPSA) is 99.1 Å². The molecule has 1 rings (SSSR count). The van der Waals surface area contributed by atoms with Gasteiger partial charge in [0, 0.05) is 33.1 Å². The van der Waals surface area contributed by atoms with Crippen LogP contribution < -0.4 is 5.32 Å². The summed E-state index contributed by atoms with van der Waals surface area (Å²) in [5.41, 5.74) is -2.26. The minimum Gasteiger partial charge on any atom is -0.480 e. The van der Waals surface area contributed by atoms with Gasteiger partial charge < -0.3 is 25.2 Å². The van der Waals surface area contributed by atoms with Gasteiger partial charge in [0.15, 0.2) is 0 Å². The first-order valence-electron chi connectivity index (χ1n) is 7.29. The normalized spacial score (nSPS) is 20.4. The van der Waals surface area contributed by atoms with Gasteiger partial charge in [0.2, 0.25) is 0 Å². The maximum Gasteiger partial charge on any atom is 0.329 e. The summed E-state index contributed by atoms with van der Waals surface area (Å²) in [6.45, 7) is 4.45. The van der Waals surface area contributed by atoms with E-state index in [1.807, 2.05) is 6.92 Å². The fourth-order valence-electron chi connectivity index (χ4n) is 2.48. The van der Waals surface area contributed by atoms with Crippen LogP contribution in [0.3, 0.4) is 0 Å². The van der Waals surface area contributed by atoms with E-state index < -0.39 is 23.1 Å². The Morgan fingerprint density at radius 1 is 1.38 bits per heavy atom. The Balaban J connectivity index is 2.62. The lowest BCUT2D eigenvalue weighted by Gasteiger charge is -2.36. The number of nitrogens with one attached hydrogen (secondary N) is 1. The van der Waals surface area contributed by atoms with Crippen molar-refractivity contribution < 1.29 is 24.5 Å². The van der Waals surface area contributed by atoms with Crippen LogP contribution in [0.25, 0.3) is 0 Å². The van der Waals surface area contributed by atoms with Gasteiger partial charge >= 0.3 is 12.0 Å². The predicted octanol–water partition coefficient (Wildman–Crippen LogP) is 0.813. The second-order valence-electron chi connectivity index (χ2n) is 6.01. The van der Waals surface area contributed by atoms with Crippen molar-refractivity contribution in [2.45, 2.75) is 50.7 Å². The van der Waals surface area contributed by atoms with E-state index in [4.69, 9.17) is 4.74 Å². The number of amides is 2. The third kappa shape index (κ3) is 4.86. The number of urea groups is 1. The number of rotatable bonds is 6. The molecule has 1 fully saturated rings. The van der Waals surface area contributed by atoms with Gasteiger partial charge in [0.05, 0.1) is 12.1 Å². The van der Waals surface area contributed by atoms with Gasteiger partial charge in [-0.2, -0.15) is 0 Å². The van der Waals surface area contributed by atoms with Crippen LogP contribution in [0, 0.1) is 0 Å². The molecular weight excluding hydrogens is 276 g/mol. The van der Waals surface area contributed by atoms with Crippen LogP contribution in [-0.4, -0.2) is 65.1 Å². The van der Waals surface area contributed by atoms with Gasteiger partial charge in [-0.15, -0.1) is 0 Å². The van der Waals surface area contributed by atoms with E-state index in [-0.39, 0.29) is 6.54 Å². The zero-order valence-electron chi connectivity index (χ0n) is 13.0. The summed E-state index contributed by atoms with van der Waals surface area (Å²) >= 11 is 0. The van der Waals surface area contributed by atoms with Gasteiger partial charge in [0.25, 0.3) is 0 Å². The highest BCUT2D eigenvalue weighted by molar-refractivity contribution is 5.85. The Morgan fingerprint density at radius 3 is 2.43 bits per heavy atom. The number of aliphatic carboxylic acids is 1. The van der Waals surface area contributed by atoms with E-state index >= 15 is 0 Å². The zero-order valence-corrected chi connectivity index (χ0v) is 13.0. The lowest BCUT2D eigenvalue weighted by molar-refractivity contribution is -0.144. The summed E-state index contributed by atoms with van der Waals surface area (Å²) in [4.78, 5) is 24.8. The maximum atomic E-state index is 12.2. The summed E-state index contributed by atoms with van der Waals surface area (Å²) < 4.78 is 5.19. The minimum atomic E-state index is -1.29. The van der Waals surface area contributed by atoms with Crippen molar-refractivity contribution in [2.75, 3.05) is 26.8 Å². The highest BCUT2D eigenvalue weighted by atomic mass is 16.5. The average molecular weight is 302 g/mol. The molecule has 1 atom stereocenters. The molecule has 0 aromatic rings. The largest absolute Gasteiger partial charge is 0.480 e. The second kappa shape index (κ2) is 7.09. The molecule has 2 amide bonds. The molecule has 0 radical (unpaired) electrons. The van der Waals surface area contributed by atoms with E-state index in [9.17, 15) is 19.8 Å². The van der Waals surface area contributed by atoms with Crippen molar-refractivity contribution in [1.82, 2.24) is 10.2 Å². The Hall–Kier alpha value is -1.34. The first-order valence-corrected chi connectivity index (χ1v) is 7.29. The zero-order chi connectivity index (χ0) is 16.1. The number of carbonyl (C=O) groups is 2. The number of carboxylic acids is 1. The van der Waals surface area contributed by atoms with Crippen LogP contribution >= 0.6 is 0 Å². The molecule has 1 aliphatic rings. The van der Waals surface area contributed by atoms with Gasteiger partial charge in [-0.3, -0.25) is 0 Å². The summed E-state index contributed by atoms with van der Waals surface area (Å²) in [5.74, 6) is -1.06. The van der Waals surface area contributed by atoms with Crippen LogP contribution in [0.2, 0.25) is 0 Å². The van der Waals surface area contributed by atoms with Crippen molar-refractivity contribution >= 4 is 12.0 Å². The molecule has 21 heavy (non-hydrogen) atoms. The molecule has 7 heteroatoms. The molecule has 0 spiro atoms. The number of carboxylic acid groups (broad SMARTS) is 1. The third-order valence-electron chi connectivity index (χ3n) is 3.91. The summed E-state index contributed by atoms with van der Waals surface area (Å²) in [6, 6.07) is -0.492. The fourth-order valence-corrected chi connectivity index (χ4v) is 2.48. The fraction of sp³-hybridized carbons (Fsp3) is 0.857. The van der Waals surface area contributed by atoms with Gasteiger partial charge in [-0.05, 0) is 13.3 Å². The lowest BCUT2D eigenvalue weighted by atomic mass is 9.94. The van der Waals surface area contributed by atoms with Crippen molar-refractivity contribution in [1.29, 1.82) is 0 Å². The smallest absolute Gasteiger partial charge is 0.329 e. The maximum absolute atomic E-state index is 12.2. The number of likely N-dealkylation sites (N-methyl/N-ethyl adjacent to an activating group) is 1. The number of aliphatic hydroxyl groups is 1. The summed E-state index contributed by atoms with van der Waals surface area (Å²) in [7, 11) is 1.55. The molecule has 1 saturated heterocycles. The molecule has 7 nitrogen and oxygen atoms in total. The molecule has 1 heterocycles. The van der Waals surface area contributed by atoms with Gasteiger partial charge in [-0.25, -0.2) is 9.59 Å². The standard InChI is InChI=1S/C14H26N2O5/c1-4-5-13(2,11(17)18)15-12(19)16(3)10-14(20)6-8-21-9-7-14/h20H,4-10H2,1-3H3,(H,15,19)(H,17,18). The van der Waals surface area contributed by atoms with E-state index in [0.29, 0.717) is 38.9 Å². The van der Waals surface area contributed by atoms with Crippen LogP contribution in [-0.2, 0) is 9.53 Å². The molecule has 3 N–H and O–H groups in total. The van der Waals surface area contributed by atoms with Crippen molar-refractivity contribution in [3.05, 3.63) is 0 Å². The predicted molar refractivity (Wildman–Crippen MR) is 77.1 cm³/mol. The van der Waals surface area contributed by atoms with Crippen molar-refractivity contribution in [3.63, 3.8) is 0 Å². The van der Waals surface area contributed by atoms with Gasteiger partial charge in [0.1, 0.15) is 5.54 Å². The SMILES string of the molecule is CCCC(C)(NC(=O)N(C)CC1(O)CCOCC1)C(=O)O. The Bertz CT molecular complexity index is 382. The van der Waals surface area contributed by atoms with Crippen molar-refractivity contribution in [3.8, 4) is 0 Å². The first kappa shape index (κ1) is 17.7. The third-order valence-corrected chi connectivity index (χ3v) is 3.91. The van der Waals surface area contributed by atoms with Crippen LogP contribution in [0.1, 0.15) is 39.5 Å². The Morgan fingerprint density at radius 2 is 1.95 bits per heavy atom. The highest BCUT2D eigenvalue weighted by Gasteiger charge is 2.37.